The first-order valence-corrected chi connectivity index (χ1v) is 12.3. The smallest absolute Gasteiger partial charge is 0.258 e. The van der Waals surface area contributed by atoms with E-state index in [1.165, 1.54) is 5.56 Å². The summed E-state index contributed by atoms with van der Waals surface area (Å²) in [5.74, 6) is 0.440. The van der Waals surface area contributed by atoms with Crippen molar-refractivity contribution in [3.63, 3.8) is 0 Å². The van der Waals surface area contributed by atoms with Gasteiger partial charge in [-0.05, 0) is 73.0 Å². The molecule has 0 atom stereocenters. The number of hydrogen-bond donors (Lipinski definition) is 2. The third kappa shape index (κ3) is 7.70. The normalized spacial score (nSPS) is 10.4. The van der Waals surface area contributed by atoms with Crippen LogP contribution in [0.15, 0.2) is 109 Å². The summed E-state index contributed by atoms with van der Waals surface area (Å²) in [4.78, 5) is 26.9. The number of aryl methyl sites for hydroxylation is 1. The Balaban J connectivity index is 1.22. The highest BCUT2D eigenvalue weighted by molar-refractivity contribution is 6.06. The molecule has 0 unspecified atom stereocenters. The molecule has 0 aromatic heterocycles. The Bertz CT molecular complexity index is 1290. The van der Waals surface area contributed by atoms with E-state index >= 15 is 0 Å². The highest BCUT2D eigenvalue weighted by atomic mass is 16.5. The van der Waals surface area contributed by atoms with Crippen molar-refractivity contribution in [1.29, 1.82) is 0 Å². The molecule has 4 aromatic rings. The zero-order chi connectivity index (χ0) is 25.9. The zero-order valence-electron chi connectivity index (χ0n) is 20.9. The Hall–Kier alpha value is -4.58. The molecule has 0 aliphatic carbocycles. The fourth-order valence-corrected chi connectivity index (χ4v) is 3.86. The lowest BCUT2D eigenvalue weighted by atomic mass is 10.1. The maximum absolute atomic E-state index is 12.9. The van der Waals surface area contributed by atoms with Gasteiger partial charge in [-0.15, -0.1) is 0 Å². The average molecular weight is 494 g/mol. The lowest BCUT2D eigenvalue weighted by Crippen LogP contribution is -2.26. The van der Waals surface area contributed by atoms with Crippen LogP contribution in [0.2, 0.25) is 0 Å². The van der Waals surface area contributed by atoms with Gasteiger partial charge in [0.15, 0.2) is 0 Å². The van der Waals surface area contributed by atoms with Crippen molar-refractivity contribution in [3.8, 4) is 5.75 Å². The molecule has 0 aliphatic rings. The summed E-state index contributed by atoms with van der Waals surface area (Å²) in [6.07, 6.45) is 1.93. The number of nitrogens with one attached hydrogen (secondary N) is 2. The van der Waals surface area contributed by atoms with Crippen LogP contribution in [0, 0.1) is 0 Å². The highest BCUT2D eigenvalue weighted by Gasteiger charge is 2.14. The third-order valence-corrected chi connectivity index (χ3v) is 5.87. The van der Waals surface area contributed by atoms with Crippen molar-refractivity contribution in [3.05, 3.63) is 120 Å². The molecule has 0 aliphatic heterocycles. The second kappa shape index (κ2) is 12.9. The number of para-hydroxylation sites is 1. The van der Waals surface area contributed by atoms with E-state index in [1.54, 1.807) is 36.2 Å². The van der Waals surface area contributed by atoms with Crippen molar-refractivity contribution in [1.82, 2.24) is 0 Å². The average Bonchev–Trinajstić information content (AvgIpc) is 2.95. The van der Waals surface area contributed by atoms with Gasteiger partial charge in [-0.2, -0.15) is 0 Å². The number of ether oxygens (including phenoxy) is 1. The number of carbonyl (C=O) groups excluding carboxylic acids is 2. The predicted octanol–water partition coefficient (Wildman–Crippen LogP) is 6.03. The van der Waals surface area contributed by atoms with E-state index in [-0.39, 0.29) is 18.4 Å². The Morgan fingerprint density at radius 1 is 0.784 bits per heavy atom. The van der Waals surface area contributed by atoms with Crippen LogP contribution >= 0.6 is 0 Å². The van der Waals surface area contributed by atoms with Crippen LogP contribution in [-0.4, -0.2) is 32.0 Å². The Morgan fingerprint density at radius 2 is 1.49 bits per heavy atom. The largest absolute Gasteiger partial charge is 0.494 e. The molecule has 0 radical (unpaired) electrons. The predicted molar refractivity (Wildman–Crippen MR) is 149 cm³/mol. The van der Waals surface area contributed by atoms with Gasteiger partial charge in [0.2, 0.25) is 5.91 Å². The van der Waals surface area contributed by atoms with E-state index in [2.05, 4.69) is 22.8 Å². The van der Waals surface area contributed by atoms with Crippen LogP contribution in [0.25, 0.3) is 0 Å². The van der Waals surface area contributed by atoms with E-state index in [4.69, 9.17) is 4.74 Å². The molecule has 4 aromatic carbocycles. The molecular weight excluding hydrogens is 462 g/mol. The Kier molecular flexibility index (Phi) is 8.92. The molecule has 6 nitrogen and oxygen atoms in total. The van der Waals surface area contributed by atoms with E-state index in [0.717, 1.165) is 30.0 Å². The molecule has 0 heterocycles. The van der Waals surface area contributed by atoms with E-state index in [9.17, 15) is 9.59 Å². The van der Waals surface area contributed by atoms with Crippen LogP contribution in [0.4, 0.5) is 17.1 Å². The van der Waals surface area contributed by atoms with Gasteiger partial charge in [0.1, 0.15) is 5.75 Å². The summed E-state index contributed by atoms with van der Waals surface area (Å²) in [5, 5.41) is 5.96. The fourth-order valence-electron chi connectivity index (χ4n) is 3.86. The first-order valence-electron chi connectivity index (χ1n) is 12.3. The number of benzene rings is 4. The molecule has 0 bridgehead atoms. The number of amides is 2. The van der Waals surface area contributed by atoms with Gasteiger partial charge in [0, 0.05) is 29.7 Å². The minimum absolute atomic E-state index is 0.0966. The van der Waals surface area contributed by atoms with E-state index in [0.29, 0.717) is 17.9 Å². The van der Waals surface area contributed by atoms with Crippen LogP contribution in [0.5, 0.6) is 5.75 Å². The zero-order valence-corrected chi connectivity index (χ0v) is 20.9. The second-order valence-electron chi connectivity index (χ2n) is 8.64. The topological polar surface area (TPSA) is 70.7 Å². The van der Waals surface area contributed by atoms with Gasteiger partial charge in [0.25, 0.3) is 5.91 Å². The molecule has 2 N–H and O–H groups in total. The van der Waals surface area contributed by atoms with E-state index < -0.39 is 0 Å². The lowest BCUT2D eigenvalue weighted by Gasteiger charge is -2.17. The van der Waals surface area contributed by atoms with Crippen molar-refractivity contribution in [2.45, 2.75) is 12.8 Å². The molecule has 4 rings (SSSR count). The molecule has 0 saturated heterocycles. The fraction of sp³-hybridized carbons (Fsp3) is 0.161. The van der Waals surface area contributed by atoms with Gasteiger partial charge in [-0.1, -0.05) is 54.6 Å². The van der Waals surface area contributed by atoms with Crippen LogP contribution in [-0.2, 0) is 11.2 Å². The summed E-state index contributed by atoms with van der Waals surface area (Å²) in [5.41, 5.74) is 3.99. The SMILES string of the molecule is CN(C(=O)c1cccc(NC(=O)CNc2ccc(OCCCc3ccccc3)cc2)c1)c1ccccc1. The van der Waals surface area contributed by atoms with Crippen molar-refractivity contribution < 1.29 is 14.3 Å². The molecule has 0 saturated carbocycles. The molecule has 0 spiro atoms. The minimum Gasteiger partial charge on any atom is -0.494 e. The van der Waals surface area contributed by atoms with Crippen molar-refractivity contribution in [2.75, 3.05) is 35.7 Å². The first-order chi connectivity index (χ1) is 18.1. The van der Waals surface area contributed by atoms with Gasteiger partial charge in [-0.3, -0.25) is 9.59 Å². The van der Waals surface area contributed by atoms with Crippen LogP contribution in [0.3, 0.4) is 0 Å². The summed E-state index contributed by atoms with van der Waals surface area (Å²) >= 11 is 0. The number of anilines is 3. The number of hydrogen-bond acceptors (Lipinski definition) is 4. The van der Waals surface area contributed by atoms with Crippen molar-refractivity contribution in [2.24, 2.45) is 0 Å². The molecular formula is C31H31N3O3. The molecule has 2 amide bonds. The third-order valence-electron chi connectivity index (χ3n) is 5.87. The number of rotatable bonds is 11. The Labute approximate surface area is 217 Å². The van der Waals surface area contributed by atoms with Gasteiger partial charge >= 0.3 is 0 Å². The molecule has 6 heteroatoms. The maximum atomic E-state index is 12.9. The molecule has 0 fully saturated rings. The molecule has 37 heavy (non-hydrogen) atoms. The van der Waals surface area contributed by atoms with Gasteiger partial charge < -0.3 is 20.3 Å². The van der Waals surface area contributed by atoms with Crippen LogP contribution in [0.1, 0.15) is 22.3 Å². The molecule has 188 valence electrons. The highest BCUT2D eigenvalue weighted by Crippen LogP contribution is 2.18. The lowest BCUT2D eigenvalue weighted by molar-refractivity contribution is -0.114. The van der Waals surface area contributed by atoms with Gasteiger partial charge in [-0.25, -0.2) is 0 Å². The second-order valence-corrected chi connectivity index (χ2v) is 8.64. The monoisotopic (exact) mass is 493 g/mol. The van der Waals surface area contributed by atoms with Gasteiger partial charge in [0.05, 0.1) is 13.2 Å². The summed E-state index contributed by atoms with van der Waals surface area (Å²) in [6, 6.07) is 34.3. The summed E-state index contributed by atoms with van der Waals surface area (Å²) in [6.45, 7) is 0.742. The first kappa shape index (κ1) is 25.5. The number of carbonyl (C=O) groups is 2. The number of nitrogens with zero attached hydrogens (tertiary/aromatic N) is 1. The standard InChI is InChI=1S/C31H31N3O3/c1-34(28-15-6-3-7-16-28)31(36)25-13-8-14-27(22-25)33-30(35)23-32-26-17-19-29(20-18-26)37-21-9-12-24-10-4-2-5-11-24/h2-8,10-11,13-20,22,32H,9,12,21,23H2,1H3,(H,33,35). The van der Waals surface area contributed by atoms with E-state index in [1.807, 2.05) is 72.8 Å². The van der Waals surface area contributed by atoms with Crippen LogP contribution < -0.4 is 20.3 Å². The minimum atomic E-state index is -0.206. The summed E-state index contributed by atoms with van der Waals surface area (Å²) in [7, 11) is 1.73. The Morgan fingerprint density at radius 3 is 2.22 bits per heavy atom. The quantitative estimate of drug-likeness (QED) is 0.251. The maximum Gasteiger partial charge on any atom is 0.258 e. The van der Waals surface area contributed by atoms with Crippen molar-refractivity contribution >= 4 is 28.9 Å². The summed E-state index contributed by atoms with van der Waals surface area (Å²) < 4.78 is 5.82.